The molecule has 0 bridgehead atoms. The van der Waals surface area contributed by atoms with Gasteiger partial charge in [-0.1, -0.05) is 13.8 Å². The minimum absolute atomic E-state index is 0.0686. The molecule has 0 unspecified atom stereocenters. The summed E-state index contributed by atoms with van der Waals surface area (Å²) in [5, 5.41) is 10.8. The second kappa shape index (κ2) is 6.72. The Labute approximate surface area is 112 Å². The van der Waals surface area contributed by atoms with E-state index in [9.17, 15) is 14.9 Å². The minimum Gasteiger partial charge on any atom is -0.393 e. The number of carbonyl (C=O) groups is 1. The van der Waals surface area contributed by atoms with Crippen LogP contribution in [-0.4, -0.2) is 28.8 Å². The van der Waals surface area contributed by atoms with Crippen molar-refractivity contribution in [1.82, 2.24) is 4.90 Å². The Hall–Kier alpha value is -2.11. The monoisotopic (exact) mass is 265 g/mol. The standard InChI is InChI=1S/C13H19N3O3/c1-3-7-15(8-4-2)13(17)10-5-6-11(14)12(9-10)16(18)19/h5-6,9H,3-4,7-8,14H2,1-2H3. The van der Waals surface area contributed by atoms with Crippen molar-refractivity contribution in [1.29, 1.82) is 0 Å². The number of hydrogen-bond donors (Lipinski definition) is 1. The third-order valence-corrected chi connectivity index (χ3v) is 2.75. The zero-order valence-electron chi connectivity index (χ0n) is 11.3. The van der Waals surface area contributed by atoms with Crippen LogP contribution in [0.15, 0.2) is 18.2 Å². The summed E-state index contributed by atoms with van der Waals surface area (Å²) in [4.78, 5) is 24.2. The number of rotatable bonds is 6. The molecule has 1 aromatic rings. The van der Waals surface area contributed by atoms with Crippen LogP contribution < -0.4 is 5.73 Å². The van der Waals surface area contributed by atoms with Crippen molar-refractivity contribution in [2.75, 3.05) is 18.8 Å². The molecule has 0 aromatic heterocycles. The zero-order chi connectivity index (χ0) is 14.4. The molecule has 0 atom stereocenters. The molecule has 19 heavy (non-hydrogen) atoms. The van der Waals surface area contributed by atoms with Crippen molar-refractivity contribution in [3.05, 3.63) is 33.9 Å². The van der Waals surface area contributed by atoms with Gasteiger partial charge in [0.25, 0.3) is 11.6 Å². The third-order valence-electron chi connectivity index (χ3n) is 2.75. The molecule has 0 aliphatic heterocycles. The van der Waals surface area contributed by atoms with Crippen LogP contribution in [0.4, 0.5) is 11.4 Å². The SMILES string of the molecule is CCCN(CCC)C(=O)c1ccc(N)c([N+](=O)[O-])c1. The molecule has 0 saturated heterocycles. The summed E-state index contributed by atoms with van der Waals surface area (Å²) in [6.45, 7) is 5.26. The average Bonchev–Trinajstić information content (AvgIpc) is 2.38. The van der Waals surface area contributed by atoms with E-state index in [0.29, 0.717) is 18.7 Å². The van der Waals surface area contributed by atoms with Crippen LogP contribution in [0.5, 0.6) is 0 Å². The van der Waals surface area contributed by atoms with Crippen molar-refractivity contribution in [3.63, 3.8) is 0 Å². The number of nitrogen functional groups attached to an aromatic ring is 1. The van der Waals surface area contributed by atoms with Gasteiger partial charge in [0.1, 0.15) is 5.69 Å². The van der Waals surface area contributed by atoms with E-state index >= 15 is 0 Å². The number of benzene rings is 1. The van der Waals surface area contributed by atoms with Crippen molar-refractivity contribution in [2.24, 2.45) is 0 Å². The Balaban J connectivity index is 3.04. The Morgan fingerprint density at radius 1 is 1.32 bits per heavy atom. The van der Waals surface area contributed by atoms with Gasteiger partial charge in [0.15, 0.2) is 0 Å². The summed E-state index contributed by atoms with van der Waals surface area (Å²) >= 11 is 0. The Bertz CT molecular complexity index is 468. The molecule has 1 rings (SSSR count). The van der Waals surface area contributed by atoms with Gasteiger partial charge in [0.05, 0.1) is 4.92 Å². The highest BCUT2D eigenvalue weighted by Crippen LogP contribution is 2.23. The molecule has 0 spiro atoms. The van der Waals surface area contributed by atoms with Gasteiger partial charge in [-0.3, -0.25) is 14.9 Å². The first-order chi connectivity index (χ1) is 9.01. The molecule has 0 fully saturated rings. The highest BCUT2D eigenvalue weighted by Gasteiger charge is 2.19. The van der Waals surface area contributed by atoms with Crippen molar-refractivity contribution < 1.29 is 9.72 Å². The summed E-state index contributed by atoms with van der Waals surface area (Å²) in [6.07, 6.45) is 1.70. The normalized spacial score (nSPS) is 10.2. The van der Waals surface area contributed by atoms with E-state index < -0.39 is 4.92 Å². The number of anilines is 1. The lowest BCUT2D eigenvalue weighted by atomic mass is 10.1. The number of nitrogens with two attached hydrogens (primary N) is 1. The molecule has 0 saturated carbocycles. The first kappa shape index (κ1) is 14.9. The summed E-state index contributed by atoms with van der Waals surface area (Å²) < 4.78 is 0. The lowest BCUT2D eigenvalue weighted by Crippen LogP contribution is -2.32. The molecule has 2 N–H and O–H groups in total. The fourth-order valence-corrected chi connectivity index (χ4v) is 1.87. The van der Waals surface area contributed by atoms with Crippen LogP contribution in [0.3, 0.4) is 0 Å². The number of hydrogen-bond acceptors (Lipinski definition) is 4. The Morgan fingerprint density at radius 3 is 2.37 bits per heavy atom. The fourth-order valence-electron chi connectivity index (χ4n) is 1.87. The minimum atomic E-state index is -0.573. The topological polar surface area (TPSA) is 89.5 Å². The first-order valence-electron chi connectivity index (χ1n) is 6.34. The number of nitro groups is 1. The molecule has 0 heterocycles. The number of amides is 1. The molecule has 6 heteroatoms. The summed E-state index contributed by atoms with van der Waals surface area (Å²) in [5.74, 6) is -0.188. The Morgan fingerprint density at radius 2 is 1.89 bits per heavy atom. The zero-order valence-corrected chi connectivity index (χ0v) is 11.3. The number of nitrogens with zero attached hydrogens (tertiary/aromatic N) is 2. The third kappa shape index (κ3) is 3.67. The second-order valence-electron chi connectivity index (χ2n) is 4.32. The maximum atomic E-state index is 12.3. The quantitative estimate of drug-likeness (QED) is 0.486. The van der Waals surface area contributed by atoms with E-state index in [4.69, 9.17) is 5.73 Å². The number of carbonyl (C=O) groups excluding carboxylic acids is 1. The molecular formula is C13H19N3O3. The van der Waals surface area contributed by atoms with Gasteiger partial charge in [-0.15, -0.1) is 0 Å². The second-order valence-corrected chi connectivity index (χ2v) is 4.32. The van der Waals surface area contributed by atoms with E-state index in [-0.39, 0.29) is 17.3 Å². The van der Waals surface area contributed by atoms with Crippen LogP contribution in [0.2, 0.25) is 0 Å². The molecule has 104 valence electrons. The lowest BCUT2D eigenvalue weighted by Gasteiger charge is -2.21. The van der Waals surface area contributed by atoms with Gasteiger partial charge in [-0.25, -0.2) is 0 Å². The van der Waals surface area contributed by atoms with Crippen LogP contribution >= 0.6 is 0 Å². The van der Waals surface area contributed by atoms with E-state index in [2.05, 4.69) is 0 Å². The highest BCUT2D eigenvalue weighted by molar-refractivity contribution is 5.95. The van der Waals surface area contributed by atoms with E-state index in [1.165, 1.54) is 18.2 Å². The lowest BCUT2D eigenvalue weighted by molar-refractivity contribution is -0.383. The van der Waals surface area contributed by atoms with Crippen LogP contribution in [0.25, 0.3) is 0 Å². The van der Waals surface area contributed by atoms with Crippen LogP contribution in [0.1, 0.15) is 37.0 Å². The largest absolute Gasteiger partial charge is 0.393 e. The first-order valence-corrected chi connectivity index (χ1v) is 6.34. The molecule has 0 aliphatic rings. The van der Waals surface area contributed by atoms with Crippen molar-refractivity contribution in [2.45, 2.75) is 26.7 Å². The smallest absolute Gasteiger partial charge is 0.292 e. The Kier molecular flexibility index (Phi) is 5.29. The summed E-state index contributed by atoms with van der Waals surface area (Å²) in [5.41, 5.74) is 5.67. The highest BCUT2D eigenvalue weighted by atomic mass is 16.6. The molecule has 0 aliphatic carbocycles. The molecule has 0 radical (unpaired) electrons. The maximum absolute atomic E-state index is 12.3. The maximum Gasteiger partial charge on any atom is 0.292 e. The van der Waals surface area contributed by atoms with Crippen molar-refractivity contribution in [3.8, 4) is 0 Å². The molecular weight excluding hydrogens is 246 g/mol. The van der Waals surface area contributed by atoms with Gasteiger partial charge in [-0.2, -0.15) is 0 Å². The van der Waals surface area contributed by atoms with E-state index in [1.54, 1.807) is 4.90 Å². The van der Waals surface area contributed by atoms with Crippen LogP contribution in [-0.2, 0) is 0 Å². The predicted molar refractivity (Wildman–Crippen MR) is 74.0 cm³/mol. The molecule has 1 aromatic carbocycles. The van der Waals surface area contributed by atoms with Gasteiger partial charge in [0, 0.05) is 24.7 Å². The van der Waals surface area contributed by atoms with E-state index in [1.807, 2.05) is 13.8 Å². The van der Waals surface area contributed by atoms with Crippen LogP contribution in [0, 0.1) is 10.1 Å². The van der Waals surface area contributed by atoms with Gasteiger partial charge in [-0.05, 0) is 25.0 Å². The molecule has 1 amide bonds. The fraction of sp³-hybridized carbons (Fsp3) is 0.462. The van der Waals surface area contributed by atoms with Gasteiger partial charge < -0.3 is 10.6 Å². The predicted octanol–water partition coefficient (Wildman–Crippen LogP) is 2.44. The molecule has 6 nitrogen and oxygen atoms in total. The van der Waals surface area contributed by atoms with Gasteiger partial charge in [0.2, 0.25) is 0 Å². The summed E-state index contributed by atoms with van der Waals surface area (Å²) in [7, 11) is 0. The number of nitro benzene ring substituents is 1. The van der Waals surface area contributed by atoms with Crippen molar-refractivity contribution >= 4 is 17.3 Å². The van der Waals surface area contributed by atoms with Gasteiger partial charge >= 0.3 is 0 Å². The van der Waals surface area contributed by atoms with E-state index in [0.717, 1.165) is 12.8 Å². The average molecular weight is 265 g/mol. The summed E-state index contributed by atoms with van der Waals surface area (Å²) in [6, 6.07) is 4.18.